The fourth-order valence-electron chi connectivity index (χ4n) is 2.54. The second-order valence-electron chi connectivity index (χ2n) is 5.74. The first-order valence-electron chi connectivity index (χ1n) is 7.93. The lowest BCUT2D eigenvalue weighted by atomic mass is 10.1. The molecule has 0 spiro atoms. The van der Waals surface area contributed by atoms with Crippen LogP contribution in [0.5, 0.6) is 0 Å². The number of rotatable bonds is 5. The Morgan fingerprint density at radius 1 is 1.04 bits per heavy atom. The van der Waals surface area contributed by atoms with Crippen molar-refractivity contribution in [2.75, 3.05) is 5.32 Å². The normalized spacial score (nSPS) is 11.8. The lowest BCUT2D eigenvalue weighted by Crippen LogP contribution is -2.37. The third-order valence-corrected chi connectivity index (χ3v) is 3.85. The number of benzene rings is 2. The van der Waals surface area contributed by atoms with Crippen molar-refractivity contribution in [1.29, 1.82) is 0 Å². The van der Waals surface area contributed by atoms with Crippen LogP contribution in [0.15, 0.2) is 73.1 Å². The second kappa shape index (κ2) is 7.68. The molecule has 5 heteroatoms. The SMILES string of the molecule is N[C@H](Cc1cccc(F)c1)C(=O)Nc1ccc(-c2ccncc2)cc1. The van der Waals surface area contributed by atoms with Crippen LogP contribution in [0.2, 0.25) is 0 Å². The van der Waals surface area contributed by atoms with Gasteiger partial charge in [-0.15, -0.1) is 0 Å². The summed E-state index contributed by atoms with van der Waals surface area (Å²) < 4.78 is 13.2. The molecule has 1 amide bonds. The molecule has 1 aromatic heterocycles. The first-order valence-corrected chi connectivity index (χ1v) is 7.93. The summed E-state index contributed by atoms with van der Waals surface area (Å²) in [4.78, 5) is 16.2. The van der Waals surface area contributed by atoms with Crippen LogP contribution >= 0.6 is 0 Å². The van der Waals surface area contributed by atoms with Crippen LogP contribution in [0.25, 0.3) is 11.1 Å². The lowest BCUT2D eigenvalue weighted by Gasteiger charge is -2.13. The molecule has 0 saturated heterocycles. The van der Waals surface area contributed by atoms with Crippen molar-refractivity contribution in [1.82, 2.24) is 4.98 Å². The summed E-state index contributed by atoms with van der Waals surface area (Å²) in [5.74, 6) is -0.641. The minimum atomic E-state index is -0.748. The van der Waals surface area contributed by atoms with E-state index in [0.29, 0.717) is 11.3 Å². The maximum atomic E-state index is 13.2. The molecular weight excluding hydrogens is 317 g/mol. The Morgan fingerprint density at radius 3 is 2.40 bits per heavy atom. The van der Waals surface area contributed by atoms with E-state index in [1.807, 2.05) is 36.4 Å². The van der Waals surface area contributed by atoms with Crippen molar-refractivity contribution < 1.29 is 9.18 Å². The second-order valence-corrected chi connectivity index (χ2v) is 5.74. The van der Waals surface area contributed by atoms with E-state index in [4.69, 9.17) is 5.73 Å². The Balaban J connectivity index is 1.62. The van der Waals surface area contributed by atoms with Crippen LogP contribution in [0, 0.1) is 5.82 Å². The van der Waals surface area contributed by atoms with E-state index in [1.165, 1.54) is 12.1 Å². The number of aromatic nitrogens is 1. The van der Waals surface area contributed by atoms with Gasteiger partial charge >= 0.3 is 0 Å². The molecule has 0 saturated carbocycles. The van der Waals surface area contributed by atoms with Crippen LogP contribution in [0.1, 0.15) is 5.56 Å². The summed E-state index contributed by atoms with van der Waals surface area (Å²) in [6.07, 6.45) is 3.74. The maximum absolute atomic E-state index is 13.2. The number of nitrogens with one attached hydrogen (secondary N) is 1. The summed E-state index contributed by atoms with van der Waals surface area (Å²) in [6.45, 7) is 0. The monoisotopic (exact) mass is 335 g/mol. The third kappa shape index (κ3) is 4.49. The topological polar surface area (TPSA) is 68.0 Å². The summed E-state index contributed by atoms with van der Waals surface area (Å²) >= 11 is 0. The third-order valence-electron chi connectivity index (χ3n) is 3.85. The van der Waals surface area contributed by atoms with Gasteiger partial charge in [0.2, 0.25) is 5.91 Å². The van der Waals surface area contributed by atoms with Gasteiger partial charge in [-0.25, -0.2) is 4.39 Å². The number of nitrogens with zero attached hydrogens (tertiary/aromatic N) is 1. The summed E-state index contributed by atoms with van der Waals surface area (Å²) in [7, 11) is 0. The van der Waals surface area contributed by atoms with E-state index in [-0.39, 0.29) is 18.1 Å². The van der Waals surface area contributed by atoms with Crippen LogP contribution < -0.4 is 11.1 Å². The Morgan fingerprint density at radius 2 is 1.72 bits per heavy atom. The molecule has 3 rings (SSSR count). The van der Waals surface area contributed by atoms with E-state index in [2.05, 4.69) is 10.3 Å². The molecule has 0 bridgehead atoms. The molecular formula is C20H18FN3O. The summed E-state index contributed by atoms with van der Waals surface area (Å²) in [5.41, 5.74) is 9.36. The number of pyridine rings is 1. The number of halogens is 1. The van der Waals surface area contributed by atoms with Gasteiger partial charge in [-0.1, -0.05) is 24.3 Å². The van der Waals surface area contributed by atoms with Crippen molar-refractivity contribution in [2.24, 2.45) is 5.73 Å². The molecule has 25 heavy (non-hydrogen) atoms. The first kappa shape index (κ1) is 16.8. The molecule has 0 fully saturated rings. The van der Waals surface area contributed by atoms with Gasteiger partial charge in [0.25, 0.3) is 0 Å². The molecule has 3 aromatic rings. The van der Waals surface area contributed by atoms with Crippen molar-refractivity contribution in [3.05, 3.63) is 84.4 Å². The average Bonchev–Trinajstić information content (AvgIpc) is 2.63. The largest absolute Gasteiger partial charge is 0.325 e. The molecule has 1 atom stereocenters. The van der Waals surface area contributed by atoms with Crippen molar-refractivity contribution in [2.45, 2.75) is 12.5 Å². The fraction of sp³-hybridized carbons (Fsp3) is 0.100. The molecule has 4 nitrogen and oxygen atoms in total. The molecule has 0 aliphatic rings. The molecule has 2 aromatic carbocycles. The van der Waals surface area contributed by atoms with Gasteiger partial charge in [-0.2, -0.15) is 0 Å². The number of carbonyl (C=O) groups is 1. The Kier molecular flexibility index (Phi) is 5.16. The maximum Gasteiger partial charge on any atom is 0.241 e. The zero-order chi connectivity index (χ0) is 17.6. The smallest absolute Gasteiger partial charge is 0.241 e. The van der Waals surface area contributed by atoms with Crippen LogP contribution in [-0.4, -0.2) is 16.9 Å². The van der Waals surface area contributed by atoms with Crippen molar-refractivity contribution in [3.8, 4) is 11.1 Å². The lowest BCUT2D eigenvalue weighted by molar-refractivity contribution is -0.117. The average molecular weight is 335 g/mol. The number of anilines is 1. The van der Waals surface area contributed by atoms with E-state index in [0.717, 1.165) is 11.1 Å². The van der Waals surface area contributed by atoms with E-state index in [9.17, 15) is 9.18 Å². The zero-order valence-electron chi connectivity index (χ0n) is 13.5. The van der Waals surface area contributed by atoms with Gasteiger partial charge in [0.05, 0.1) is 6.04 Å². The Labute approximate surface area is 145 Å². The molecule has 0 radical (unpaired) electrons. The number of carbonyl (C=O) groups excluding carboxylic acids is 1. The molecule has 1 heterocycles. The van der Waals surface area contributed by atoms with E-state index < -0.39 is 6.04 Å². The predicted octanol–water partition coefficient (Wildman–Crippen LogP) is 3.40. The Hall–Kier alpha value is -3.05. The minimum absolute atomic E-state index is 0.276. The molecule has 0 aliphatic heterocycles. The van der Waals surface area contributed by atoms with Crippen LogP contribution in [0.4, 0.5) is 10.1 Å². The van der Waals surface area contributed by atoms with E-state index in [1.54, 1.807) is 24.5 Å². The summed E-state index contributed by atoms with van der Waals surface area (Å²) in [5, 5.41) is 2.79. The predicted molar refractivity (Wildman–Crippen MR) is 96.4 cm³/mol. The van der Waals surface area contributed by atoms with Gasteiger partial charge in [-0.05, 0) is 59.5 Å². The van der Waals surface area contributed by atoms with Gasteiger partial charge in [-0.3, -0.25) is 9.78 Å². The van der Waals surface area contributed by atoms with Crippen molar-refractivity contribution >= 4 is 11.6 Å². The standard InChI is InChI=1S/C20H18FN3O/c21-17-3-1-2-14(12-17)13-19(22)20(25)24-18-6-4-15(5-7-18)16-8-10-23-11-9-16/h1-12,19H,13,22H2,(H,24,25)/t19-/m1/s1. The van der Waals surface area contributed by atoms with Crippen LogP contribution in [-0.2, 0) is 11.2 Å². The highest BCUT2D eigenvalue weighted by Crippen LogP contribution is 2.20. The van der Waals surface area contributed by atoms with Crippen LogP contribution in [0.3, 0.4) is 0 Å². The molecule has 0 unspecified atom stereocenters. The number of hydrogen-bond acceptors (Lipinski definition) is 3. The van der Waals surface area contributed by atoms with Gasteiger partial charge in [0.15, 0.2) is 0 Å². The quantitative estimate of drug-likeness (QED) is 0.751. The minimum Gasteiger partial charge on any atom is -0.325 e. The number of hydrogen-bond donors (Lipinski definition) is 2. The van der Waals surface area contributed by atoms with Gasteiger partial charge < -0.3 is 11.1 Å². The first-order chi connectivity index (χ1) is 12.1. The summed E-state index contributed by atoms with van der Waals surface area (Å²) in [6, 6.07) is 16.7. The zero-order valence-corrected chi connectivity index (χ0v) is 13.5. The molecule has 126 valence electrons. The van der Waals surface area contributed by atoms with Crippen molar-refractivity contribution in [3.63, 3.8) is 0 Å². The molecule has 3 N–H and O–H groups in total. The highest BCUT2D eigenvalue weighted by atomic mass is 19.1. The highest BCUT2D eigenvalue weighted by molar-refractivity contribution is 5.95. The molecule has 0 aliphatic carbocycles. The van der Waals surface area contributed by atoms with Gasteiger partial charge in [0.1, 0.15) is 5.82 Å². The fourth-order valence-corrected chi connectivity index (χ4v) is 2.54. The van der Waals surface area contributed by atoms with Gasteiger partial charge in [0, 0.05) is 18.1 Å². The number of amides is 1. The highest BCUT2D eigenvalue weighted by Gasteiger charge is 2.14. The van der Waals surface area contributed by atoms with E-state index >= 15 is 0 Å². The number of nitrogens with two attached hydrogens (primary N) is 1. The Bertz CT molecular complexity index is 850.